The van der Waals surface area contributed by atoms with Gasteiger partial charge in [-0.2, -0.15) is 0 Å². The third-order valence-corrected chi connectivity index (χ3v) is 7.11. The van der Waals surface area contributed by atoms with Gasteiger partial charge >= 0.3 is 5.97 Å². The number of aliphatic carboxylic acids is 1. The van der Waals surface area contributed by atoms with Crippen molar-refractivity contribution in [2.24, 2.45) is 11.8 Å². The molecule has 42 heavy (non-hydrogen) atoms. The van der Waals surface area contributed by atoms with Crippen LogP contribution in [0.5, 0.6) is 0 Å². The number of aromatic nitrogens is 2. The molecule has 12 nitrogen and oxygen atoms in total. The fourth-order valence-corrected chi connectivity index (χ4v) is 4.75. The van der Waals surface area contributed by atoms with Crippen molar-refractivity contribution < 1.29 is 37.9 Å². The Balaban J connectivity index is 1.67. The molecule has 1 saturated heterocycles. The number of hydrogen-bond acceptors (Lipinski definition) is 8. The van der Waals surface area contributed by atoms with Gasteiger partial charge in [0.05, 0.1) is 6.04 Å². The van der Waals surface area contributed by atoms with Crippen LogP contribution in [-0.2, 0) is 19.2 Å². The number of rotatable bonds is 14. The summed E-state index contributed by atoms with van der Waals surface area (Å²) in [5, 5.41) is 22.0. The minimum atomic E-state index is -1.01. The molecule has 0 radical (unpaired) electrons. The first-order chi connectivity index (χ1) is 19.9. The van der Waals surface area contributed by atoms with E-state index in [1.165, 1.54) is 29.2 Å². The van der Waals surface area contributed by atoms with E-state index in [0.29, 0.717) is 37.8 Å². The molecule has 1 aromatic carbocycles. The lowest BCUT2D eigenvalue weighted by molar-refractivity contribution is -0.142. The lowest BCUT2D eigenvalue weighted by Crippen LogP contribution is -2.57. The maximum atomic E-state index is 13.5. The maximum absolute atomic E-state index is 13.5. The zero-order valence-corrected chi connectivity index (χ0v) is 24.3. The molecule has 2 heterocycles. The zero-order valence-electron chi connectivity index (χ0n) is 24.3. The third kappa shape index (κ3) is 8.43. The minimum absolute atomic E-state index is 0.0309. The highest BCUT2D eigenvalue weighted by Crippen LogP contribution is 2.23. The van der Waals surface area contributed by atoms with Crippen molar-refractivity contribution in [1.82, 2.24) is 25.7 Å². The second kappa shape index (κ2) is 14.6. The highest BCUT2D eigenvalue weighted by molar-refractivity contribution is 6.00. The molecule has 3 N–H and O–H groups in total. The van der Waals surface area contributed by atoms with E-state index >= 15 is 0 Å². The van der Waals surface area contributed by atoms with Gasteiger partial charge in [-0.05, 0) is 61.8 Å². The highest BCUT2D eigenvalue weighted by atomic mass is 19.1. The smallest absolute Gasteiger partial charge is 0.303 e. The number of nitrogens with zero attached hydrogens (tertiary/aromatic N) is 3. The first-order valence-corrected chi connectivity index (χ1v) is 14.1. The molecule has 0 spiro atoms. The van der Waals surface area contributed by atoms with Gasteiger partial charge in [-0.3, -0.25) is 24.0 Å². The number of amides is 3. The van der Waals surface area contributed by atoms with E-state index in [4.69, 9.17) is 9.52 Å². The standard InChI is InChI=1S/C29H38FN5O7/c1-16(2)23(25(39)28-34-33-27(42-28)18-11-13-19(30)14-12-18)32-26(40)20-8-7-15-35(20)29(41)24(17(3)4)31-21(36)9-5-6-10-22(37)38/h11-14,16-17,20,23-24H,5-10,15H2,1-4H3,(H,31,36)(H,32,40)(H,37,38)/t20-,23+,24+/m1/s1. The van der Waals surface area contributed by atoms with Gasteiger partial charge in [0, 0.05) is 24.9 Å². The molecular weight excluding hydrogens is 549 g/mol. The van der Waals surface area contributed by atoms with Gasteiger partial charge in [-0.25, -0.2) is 4.39 Å². The molecule has 1 aromatic heterocycles. The van der Waals surface area contributed by atoms with E-state index in [0.717, 1.165) is 0 Å². The van der Waals surface area contributed by atoms with Crippen LogP contribution in [0, 0.1) is 17.7 Å². The van der Waals surface area contributed by atoms with Crippen LogP contribution in [0.25, 0.3) is 11.5 Å². The molecule has 0 saturated carbocycles. The van der Waals surface area contributed by atoms with Gasteiger partial charge < -0.3 is 25.1 Å². The number of likely N-dealkylation sites (tertiary alicyclic amines) is 1. The summed E-state index contributed by atoms with van der Waals surface area (Å²) >= 11 is 0. The Labute approximate surface area is 243 Å². The average Bonchev–Trinajstić information content (AvgIpc) is 3.63. The Morgan fingerprint density at radius 3 is 2.24 bits per heavy atom. The number of hydrogen-bond donors (Lipinski definition) is 3. The SMILES string of the molecule is CC(C)[C@H](NC(=O)[C@H]1CCCN1C(=O)[C@@H](NC(=O)CCCCC(=O)O)C(C)C)C(=O)c1nnc(-c2ccc(F)cc2)o1. The first-order valence-electron chi connectivity index (χ1n) is 14.1. The van der Waals surface area contributed by atoms with E-state index in [2.05, 4.69) is 20.8 Å². The third-order valence-electron chi connectivity index (χ3n) is 7.11. The quantitative estimate of drug-likeness (QED) is 0.222. The van der Waals surface area contributed by atoms with Crippen molar-refractivity contribution in [1.29, 1.82) is 0 Å². The summed E-state index contributed by atoms with van der Waals surface area (Å²) < 4.78 is 18.8. The Morgan fingerprint density at radius 2 is 1.62 bits per heavy atom. The van der Waals surface area contributed by atoms with Crippen LogP contribution in [-0.4, -0.2) is 74.3 Å². The van der Waals surface area contributed by atoms with Crippen LogP contribution in [0.3, 0.4) is 0 Å². The van der Waals surface area contributed by atoms with E-state index in [1.807, 2.05) is 0 Å². The fraction of sp³-hybridized carbons (Fsp3) is 0.552. The van der Waals surface area contributed by atoms with Gasteiger partial charge in [-0.1, -0.05) is 27.7 Å². The number of unbranched alkanes of at least 4 members (excludes halogenated alkanes) is 1. The molecule has 0 aliphatic carbocycles. The molecule has 1 aliphatic heterocycles. The molecular formula is C29H38FN5O7. The number of ketones is 1. The summed E-state index contributed by atoms with van der Waals surface area (Å²) in [4.78, 5) is 64.8. The van der Waals surface area contributed by atoms with E-state index < -0.39 is 47.5 Å². The first kappa shape index (κ1) is 32.4. The van der Waals surface area contributed by atoms with Crippen molar-refractivity contribution in [2.75, 3.05) is 6.54 Å². The lowest BCUT2D eigenvalue weighted by Gasteiger charge is -2.31. The molecule has 3 amide bonds. The van der Waals surface area contributed by atoms with Crippen LogP contribution >= 0.6 is 0 Å². The summed E-state index contributed by atoms with van der Waals surface area (Å²) in [5.41, 5.74) is 0.431. The number of carbonyl (C=O) groups is 5. The summed E-state index contributed by atoms with van der Waals surface area (Å²) in [6.07, 6.45) is 1.74. The molecule has 1 aliphatic rings. The monoisotopic (exact) mass is 587 g/mol. The second-order valence-corrected chi connectivity index (χ2v) is 11.1. The van der Waals surface area contributed by atoms with Crippen LogP contribution in [0.2, 0.25) is 0 Å². The molecule has 3 rings (SSSR count). The summed E-state index contributed by atoms with van der Waals surface area (Å²) in [7, 11) is 0. The Hall–Kier alpha value is -4.16. The highest BCUT2D eigenvalue weighted by Gasteiger charge is 2.40. The molecule has 2 aromatic rings. The number of nitrogens with one attached hydrogen (secondary N) is 2. The Bertz CT molecular complexity index is 1280. The van der Waals surface area contributed by atoms with Crippen molar-refractivity contribution in [2.45, 2.75) is 84.3 Å². The predicted molar refractivity (Wildman–Crippen MR) is 148 cm³/mol. The minimum Gasteiger partial charge on any atom is -0.481 e. The van der Waals surface area contributed by atoms with E-state index in [-0.39, 0.29) is 42.4 Å². The molecule has 3 atom stereocenters. The normalized spacial score (nSPS) is 16.4. The maximum Gasteiger partial charge on any atom is 0.303 e. The number of carboxylic acids is 1. The van der Waals surface area contributed by atoms with Gasteiger partial charge in [0.1, 0.15) is 17.9 Å². The summed E-state index contributed by atoms with van der Waals surface area (Å²) in [5.74, 6) is -4.11. The van der Waals surface area contributed by atoms with Crippen LogP contribution in [0.1, 0.15) is 76.9 Å². The molecule has 13 heteroatoms. The van der Waals surface area contributed by atoms with Gasteiger partial charge in [0.15, 0.2) is 0 Å². The number of carbonyl (C=O) groups excluding carboxylic acids is 4. The second-order valence-electron chi connectivity index (χ2n) is 11.1. The van der Waals surface area contributed by atoms with Crippen LogP contribution in [0.15, 0.2) is 28.7 Å². The van der Waals surface area contributed by atoms with Crippen molar-refractivity contribution in [3.05, 3.63) is 36.0 Å². The van der Waals surface area contributed by atoms with Gasteiger partial charge in [-0.15, -0.1) is 10.2 Å². The predicted octanol–water partition coefficient (Wildman–Crippen LogP) is 2.98. The van der Waals surface area contributed by atoms with E-state index in [1.54, 1.807) is 27.7 Å². The Morgan fingerprint density at radius 1 is 0.976 bits per heavy atom. The number of Topliss-reactive ketones (excluding diaryl/α,β-unsaturated/α-hetero) is 1. The van der Waals surface area contributed by atoms with Crippen molar-refractivity contribution >= 4 is 29.5 Å². The van der Waals surface area contributed by atoms with Crippen molar-refractivity contribution in [3.63, 3.8) is 0 Å². The van der Waals surface area contributed by atoms with Crippen LogP contribution < -0.4 is 10.6 Å². The Kier molecular flexibility index (Phi) is 11.3. The number of benzene rings is 1. The van der Waals surface area contributed by atoms with E-state index in [9.17, 15) is 28.4 Å². The zero-order chi connectivity index (χ0) is 31.0. The average molecular weight is 588 g/mol. The van der Waals surface area contributed by atoms with Gasteiger partial charge in [0.2, 0.25) is 29.4 Å². The van der Waals surface area contributed by atoms with Crippen LogP contribution in [0.4, 0.5) is 4.39 Å². The molecule has 228 valence electrons. The summed E-state index contributed by atoms with van der Waals surface area (Å²) in [6.45, 7) is 7.39. The number of halogens is 1. The largest absolute Gasteiger partial charge is 0.481 e. The topological polar surface area (TPSA) is 172 Å². The summed E-state index contributed by atoms with van der Waals surface area (Å²) in [6, 6.07) is 2.62. The molecule has 1 fully saturated rings. The fourth-order valence-electron chi connectivity index (χ4n) is 4.75. The van der Waals surface area contributed by atoms with Gasteiger partial charge in [0.25, 0.3) is 5.89 Å². The molecule has 0 bridgehead atoms. The lowest BCUT2D eigenvalue weighted by atomic mass is 9.98. The number of carboxylic acid groups (broad SMARTS) is 1. The van der Waals surface area contributed by atoms with Crippen molar-refractivity contribution in [3.8, 4) is 11.5 Å². The molecule has 0 unspecified atom stereocenters.